The highest BCUT2D eigenvalue weighted by atomic mass is 35.5. The third kappa shape index (κ3) is 1.16. The average molecular weight is 178 g/mol. The van der Waals surface area contributed by atoms with E-state index in [0.29, 0.717) is 5.88 Å². The number of hydrogen-bond acceptors (Lipinski definition) is 1. The quantitative estimate of drug-likeness (QED) is 0.611. The normalized spacial score (nSPS) is 10.4. The van der Waals surface area contributed by atoms with Crippen LogP contribution in [0.5, 0.6) is 0 Å². The van der Waals surface area contributed by atoms with E-state index >= 15 is 0 Å². The maximum Gasteiger partial charge on any atom is 0.0480 e. The molecule has 0 saturated heterocycles. The summed E-state index contributed by atoms with van der Waals surface area (Å²) in [5.74, 6) is 0.545. The summed E-state index contributed by atoms with van der Waals surface area (Å²) in [4.78, 5) is 4.06. The van der Waals surface area contributed by atoms with E-state index in [1.807, 2.05) is 24.4 Å². The molecule has 2 heteroatoms. The van der Waals surface area contributed by atoms with Gasteiger partial charge in [-0.2, -0.15) is 0 Å². The van der Waals surface area contributed by atoms with Crippen LogP contribution in [0.2, 0.25) is 0 Å². The van der Waals surface area contributed by atoms with Gasteiger partial charge >= 0.3 is 0 Å². The van der Waals surface area contributed by atoms with E-state index in [1.165, 1.54) is 5.39 Å². The Labute approximate surface area is 76.0 Å². The molecule has 60 valence electrons. The van der Waals surface area contributed by atoms with Gasteiger partial charge in [0.1, 0.15) is 0 Å². The number of fused-ring (bicyclic) bond motifs is 1. The Hall–Kier alpha value is -1.08. The van der Waals surface area contributed by atoms with Crippen molar-refractivity contribution in [3.63, 3.8) is 0 Å². The van der Waals surface area contributed by atoms with Crippen LogP contribution in [0.15, 0.2) is 36.7 Å². The second-order valence-corrected chi connectivity index (χ2v) is 2.91. The summed E-state index contributed by atoms with van der Waals surface area (Å²) in [6.07, 6.45) is 3.65. The van der Waals surface area contributed by atoms with E-state index in [2.05, 4.69) is 11.1 Å². The first kappa shape index (κ1) is 7.56. The van der Waals surface area contributed by atoms with Crippen LogP contribution in [0.1, 0.15) is 5.56 Å². The highest BCUT2D eigenvalue weighted by molar-refractivity contribution is 6.18. The summed E-state index contributed by atoms with van der Waals surface area (Å²) in [5.41, 5.74) is 1.14. The molecule has 1 heterocycles. The number of halogens is 1. The second-order valence-electron chi connectivity index (χ2n) is 2.65. The summed E-state index contributed by atoms with van der Waals surface area (Å²) in [6.45, 7) is 0. The predicted octanol–water partition coefficient (Wildman–Crippen LogP) is 2.97. The lowest BCUT2D eigenvalue weighted by Gasteiger charge is -2.00. The van der Waals surface area contributed by atoms with Crippen molar-refractivity contribution in [2.75, 3.05) is 0 Å². The minimum Gasteiger partial charge on any atom is -0.264 e. The smallest absolute Gasteiger partial charge is 0.0480 e. The van der Waals surface area contributed by atoms with Crippen LogP contribution in [0.25, 0.3) is 10.8 Å². The fourth-order valence-electron chi connectivity index (χ4n) is 1.29. The van der Waals surface area contributed by atoms with Crippen molar-refractivity contribution in [3.8, 4) is 0 Å². The zero-order valence-electron chi connectivity index (χ0n) is 6.50. The zero-order chi connectivity index (χ0) is 8.39. The molecule has 1 nitrogen and oxygen atoms in total. The van der Waals surface area contributed by atoms with Crippen LogP contribution >= 0.6 is 11.6 Å². The van der Waals surface area contributed by atoms with Gasteiger partial charge in [-0.05, 0) is 17.0 Å². The van der Waals surface area contributed by atoms with E-state index < -0.39 is 0 Å². The molecule has 0 unspecified atom stereocenters. The van der Waals surface area contributed by atoms with E-state index in [0.717, 1.165) is 10.9 Å². The number of nitrogens with zero attached hydrogens (tertiary/aromatic N) is 1. The van der Waals surface area contributed by atoms with Gasteiger partial charge in [0, 0.05) is 23.7 Å². The monoisotopic (exact) mass is 177 g/mol. The van der Waals surface area contributed by atoms with Crippen LogP contribution in [0.4, 0.5) is 0 Å². The second kappa shape index (κ2) is 3.11. The molecule has 2 rings (SSSR count). The Morgan fingerprint density at radius 3 is 3.00 bits per heavy atom. The molecule has 12 heavy (non-hydrogen) atoms. The van der Waals surface area contributed by atoms with E-state index in [-0.39, 0.29) is 0 Å². The van der Waals surface area contributed by atoms with Gasteiger partial charge in [-0.15, -0.1) is 11.6 Å². The Morgan fingerprint density at radius 2 is 2.17 bits per heavy atom. The molecular formula is C10H8ClN. The first-order chi connectivity index (χ1) is 5.92. The lowest BCUT2D eigenvalue weighted by atomic mass is 10.1. The predicted molar refractivity (Wildman–Crippen MR) is 51.3 cm³/mol. The molecule has 0 saturated carbocycles. The van der Waals surface area contributed by atoms with Gasteiger partial charge in [0.05, 0.1) is 0 Å². The number of hydrogen-bond donors (Lipinski definition) is 0. The lowest BCUT2D eigenvalue weighted by molar-refractivity contribution is 1.34. The molecule has 0 fully saturated rings. The number of aromatic nitrogens is 1. The van der Waals surface area contributed by atoms with Crippen molar-refractivity contribution < 1.29 is 0 Å². The molecule has 0 aliphatic heterocycles. The maximum atomic E-state index is 5.78. The lowest BCUT2D eigenvalue weighted by Crippen LogP contribution is -1.82. The third-order valence-electron chi connectivity index (χ3n) is 1.92. The third-order valence-corrected chi connectivity index (χ3v) is 2.21. The van der Waals surface area contributed by atoms with Gasteiger partial charge in [0.25, 0.3) is 0 Å². The summed E-state index contributed by atoms with van der Waals surface area (Å²) in [6, 6.07) is 8.09. The fraction of sp³-hybridized carbons (Fsp3) is 0.100. The fourth-order valence-corrected chi connectivity index (χ4v) is 1.53. The molecule has 0 radical (unpaired) electrons. The van der Waals surface area contributed by atoms with Crippen molar-refractivity contribution in [1.82, 2.24) is 4.98 Å². The molecule has 0 amide bonds. The summed E-state index contributed by atoms with van der Waals surface area (Å²) in [7, 11) is 0. The number of rotatable bonds is 1. The molecule has 1 aromatic carbocycles. The zero-order valence-corrected chi connectivity index (χ0v) is 7.25. The van der Waals surface area contributed by atoms with Crippen molar-refractivity contribution >= 4 is 22.4 Å². The molecule has 0 spiro atoms. The minimum atomic E-state index is 0.545. The van der Waals surface area contributed by atoms with Gasteiger partial charge < -0.3 is 0 Å². The highest BCUT2D eigenvalue weighted by Crippen LogP contribution is 2.18. The summed E-state index contributed by atoms with van der Waals surface area (Å²) in [5, 5.41) is 2.35. The maximum absolute atomic E-state index is 5.78. The Bertz CT molecular complexity index is 392. The van der Waals surface area contributed by atoms with Crippen molar-refractivity contribution in [1.29, 1.82) is 0 Å². The van der Waals surface area contributed by atoms with E-state index in [4.69, 9.17) is 11.6 Å². The number of alkyl halides is 1. The largest absolute Gasteiger partial charge is 0.264 e. The Morgan fingerprint density at radius 1 is 1.25 bits per heavy atom. The average Bonchev–Trinajstić information content (AvgIpc) is 2.17. The highest BCUT2D eigenvalue weighted by Gasteiger charge is 1.97. The van der Waals surface area contributed by atoms with Crippen LogP contribution in [-0.2, 0) is 5.88 Å². The molecule has 0 aliphatic carbocycles. The summed E-state index contributed by atoms with van der Waals surface area (Å²) >= 11 is 5.78. The molecule has 0 aliphatic rings. The topological polar surface area (TPSA) is 12.9 Å². The SMILES string of the molecule is ClCc1cccc2ccncc12. The van der Waals surface area contributed by atoms with Gasteiger partial charge in [-0.1, -0.05) is 18.2 Å². The molecule has 0 N–H and O–H groups in total. The van der Waals surface area contributed by atoms with Gasteiger partial charge in [0.2, 0.25) is 0 Å². The van der Waals surface area contributed by atoms with E-state index in [9.17, 15) is 0 Å². The Balaban J connectivity index is 2.79. The Kier molecular flexibility index (Phi) is 1.96. The van der Waals surface area contributed by atoms with Crippen LogP contribution in [0, 0.1) is 0 Å². The molecule has 1 aromatic heterocycles. The molecular weight excluding hydrogens is 170 g/mol. The minimum absolute atomic E-state index is 0.545. The van der Waals surface area contributed by atoms with Gasteiger partial charge in [-0.3, -0.25) is 4.98 Å². The molecule has 0 bridgehead atoms. The van der Waals surface area contributed by atoms with Crippen LogP contribution < -0.4 is 0 Å². The van der Waals surface area contributed by atoms with Gasteiger partial charge in [-0.25, -0.2) is 0 Å². The first-order valence-electron chi connectivity index (χ1n) is 3.79. The van der Waals surface area contributed by atoms with Gasteiger partial charge in [0.15, 0.2) is 0 Å². The molecule has 2 aromatic rings. The van der Waals surface area contributed by atoms with Crippen molar-refractivity contribution in [2.24, 2.45) is 0 Å². The first-order valence-corrected chi connectivity index (χ1v) is 4.33. The molecule has 0 atom stereocenters. The van der Waals surface area contributed by atoms with Crippen molar-refractivity contribution in [3.05, 3.63) is 42.2 Å². The summed E-state index contributed by atoms with van der Waals surface area (Å²) < 4.78 is 0. The van der Waals surface area contributed by atoms with Crippen LogP contribution in [-0.4, -0.2) is 4.98 Å². The number of pyridine rings is 1. The van der Waals surface area contributed by atoms with Crippen LogP contribution in [0.3, 0.4) is 0 Å². The van der Waals surface area contributed by atoms with Crippen molar-refractivity contribution in [2.45, 2.75) is 5.88 Å². The number of benzene rings is 1. The van der Waals surface area contributed by atoms with E-state index in [1.54, 1.807) is 6.20 Å². The standard InChI is InChI=1S/C10H8ClN/c11-6-9-3-1-2-8-4-5-12-7-10(8)9/h1-5,7H,6H2.